The Bertz CT molecular complexity index is 723. The Morgan fingerprint density at radius 3 is 2.52 bits per heavy atom. The van der Waals surface area contributed by atoms with Crippen molar-refractivity contribution in [3.05, 3.63) is 48.0 Å². The molecule has 7 heteroatoms. The molecule has 1 N–H and O–H groups in total. The summed E-state index contributed by atoms with van der Waals surface area (Å²) in [7, 11) is 0.0582. The molecule has 1 heterocycles. The lowest BCUT2D eigenvalue weighted by Crippen LogP contribution is -2.32. The van der Waals surface area contributed by atoms with Gasteiger partial charge in [-0.2, -0.15) is 0 Å². The molecule has 2 rings (SSSR count). The van der Waals surface area contributed by atoms with E-state index < -0.39 is 16.1 Å². The van der Waals surface area contributed by atoms with Crippen LogP contribution in [0.3, 0.4) is 0 Å². The molecule has 6 nitrogen and oxygen atoms in total. The van der Waals surface area contributed by atoms with E-state index in [9.17, 15) is 8.42 Å². The van der Waals surface area contributed by atoms with Crippen LogP contribution >= 0.6 is 0 Å². The summed E-state index contributed by atoms with van der Waals surface area (Å²) in [5.41, 5.74) is 0.820. The van der Waals surface area contributed by atoms with Crippen LogP contribution in [-0.2, 0) is 17.1 Å². The van der Waals surface area contributed by atoms with Crippen molar-refractivity contribution < 1.29 is 13.2 Å². The maximum atomic E-state index is 12.3. The monoisotopic (exact) mass is 337 g/mol. The summed E-state index contributed by atoms with van der Waals surface area (Å²) in [6.07, 6.45) is 4.92. The summed E-state index contributed by atoms with van der Waals surface area (Å²) >= 11 is 0. The predicted octanol–water partition coefficient (Wildman–Crippen LogP) is 2.24. The normalized spacial score (nSPS) is 13.0. The number of benzene rings is 1. The van der Waals surface area contributed by atoms with Crippen LogP contribution in [0.1, 0.15) is 37.2 Å². The molecule has 1 aromatic heterocycles. The molecule has 0 amide bonds. The summed E-state index contributed by atoms with van der Waals surface area (Å²) in [5, 5.41) is 0. The zero-order valence-corrected chi connectivity index (χ0v) is 14.5. The van der Waals surface area contributed by atoms with Gasteiger partial charge in [-0.25, -0.2) is 18.1 Å². The van der Waals surface area contributed by atoms with Crippen molar-refractivity contribution in [1.29, 1.82) is 0 Å². The molecule has 0 bridgehead atoms. The largest absolute Gasteiger partial charge is 0.497 e. The average Bonchev–Trinajstić information content (AvgIpc) is 2.97. The summed E-state index contributed by atoms with van der Waals surface area (Å²) in [4.78, 5) is 4.30. The van der Waals surface area contributed by atoms with Gasteiger partial charge in [0.1, 0.15) is 17.6 Å². The van der Waals surface area contributed by atoms with Crippen LogP contribution < -0.4 is 9.46 Å². The van der Waals surface area contributed by atoms with Crippen LogP contribution in [0.5, 0.6) is 5.75 Å². The molecular formula is C16H23N3O3S. The maximum absolute atomic E-state index is 12.3. The van der Waals surface area contributed by atoms with Crippen LogP contribution in [0.4, 0.5) is 0 Å². The van der Waals surface area contributed by atoms with Gasteiger partial charge in [-0.05, 0) is 24.1 Å². The topological polar surface area (TPSA) is 73.2 Å². The van der Waals surface area contributed by atoms with Crippen LogP contribution in [0.25, 0.3) is 0 Å². The first kappa shape index (κ1) is 17.5. The highest BCUT2D eigenvalue weighted by Crippen LogP contribution is 2.24. The van der Waals surface area contributed by atoms with Gasteiger partial charge in [-0.1, -0.05) is 25.5 Å². The van der Waals surface area contributed by atoms with Crippen molar-refractivity contribution in [2.75, 3.05) is 12.9 Å². The van der Waals surface area contributed by atoms with Crippen LogP contribution in [-0.4, -0.2) is 30.8 Å². The molecule has 23 heavy (non-hydrogen) atoms. The summed E-state index contributed by atoms with van der Waals surface area (Å²) < 4.78 is 34.4. The van der Waals surface area contributed by atoms with E-state index in [0.29, 0.717) is 12.2 Å². The fraction of sp³-hybridized carbons (Fsp3) is 0.438. The van der Waals surface area contributed by atoms with E-state index in [1.807, 2.05) is 42.8 Å². The third kappa shape index (κ3) is 4.56. The van der Waals surface area contributed by atoms with E-state index in [1.54, 1.807) is 19.5 Å². The van der Waals surface area contributed by atoms with Gasteiger partial charge in [-0.15, -0.1) is 0 Å². The average molecular weight is 337 g/mol. The molecule has 0 fully saturated rings. The molecule has 0 saturated carbocycles. The first-order valence-corrected chi connectivity index (χ1v) is 9.23. The lowest BCUT2D eigenvalue weighted by Gasteiger charge is -2.19. The molecule has 1 atom stereocenters. The third-order valence-corrected chi connectivity index (χ3v) is 5.05. The van der Waals surface area contributed by atoms with Gasteiger partial charge in [0.2, 0.25) is 10.0 Å². The van der Waals surface area contributed by atoms with Crippen molar-refractivity contribution in [1.82, 2.24) is 14.3 Å². The molecule has 1 aromatic carbocycles. The van der Waals surface area contributed by atoms with Crippen LogP contribution in [0.2, 0.25) is 0 Å². The number of imidazole rings is 1. The predicted molar refractivity (Wildman–Crippen MR) is 89.9 cm³/mol. The molecule has 0 radical (unpaired) electrons. The second kappa shape index (κ2) is 7.61. The Labute approximate surface area is 137 Å². The van der Waals surface area contributed by atoms with Crippen LogP contribution in [0.15, 0.2) is 36.7 Å². The van der Waals surface area contributed by atoms with Crippen molar-refractivity contribution in [2.24, 2.45) is 7.05 Å². The molecule has 0 spiro atoms. The zero-order valence-electron chi connectivity index (χ0n) is 13.7. The van der Waals surface area contributed by atoms with Gasteiger partial charge in [0, 0.05) is 19.4 Å². The summed E-state index contributed by atoms with van der Waals surface area (Å²) in [6, 6.07) is 6.79. The Kier molecular flexibility index (Phi) is 5.79. The summed E-state index contributed by atoms with van der Waals surface area (Å²) in [5.74, 6) is 1.48. The number of rotatable bonds is 8. The number of sulfonamides is 1. The first-order chi connectivity index (χ1) is 11.0. The molecule has 1 unspecified atom stereocenters. The lowest BCUT2D eigenvalue weighted by molar-refractivity contribution is 0.414. The maximum Gasteiger partial charge on any atom is 0.212 e. The van der Waals surface area contributed by atoms with Gasteiger partial charge < -0.3 is 9.30 Å². The van der Waals surface area contributed by atoms with E-state index in [4.69, 9.17) is 4.74 Å². The number of nitrogens with one attached hydrogen (secondary N) is 1. The third-order valence-electron chi connectivity index (χ3n) is 3.63. The zero-order chi connectivity index (χ0) is 16.9. The van der Waals surface area contributed by atoms with Gasteiger partial charge in [0.15, 0.2) is 0 Å². The van der Waals surface area contributed by atoms with Gasteiger partial charge in [0.25, 0.3) is 0 Å². The number of unbranched alkanes of at least 4 members (excludes halogenated alkanes) is 1. The Morgan fingerprint density at radius 1 is 1.30 bits per heavy atom. The van der Waals surface area contributed by atoms with Gasteiger partial charge >= 0.3 is 0 Å². The van der Waals surface area contributed by atoms with E-state index >= 15 is 0 Å². The molecule has 2 aromatic rings. The number of nitrogens with zero attached hydrogens (tertiary/aromatic N) is 2. The minimum absolute atomic E-state index is 0.112. The first-order valence-electron chi connectivity index (χ1n) is 7.58. The molecule has 0 saturated heterocycles. The van der Waals surface area contributed by atoms with E-state index in [2.05, 4.69) is 9.71 Å². The smallest absolute Gasteiger partial charge is 0.212 e. The quantitative estimate of drug-likeness (QED) is 0.802. The Hall–Kier alpha value is -1.86. The number of hydrogen-bond acceptors (Lipinski definition) is 4. The van der Waals surface area contributed by atoms with E-state index in [0.717, 1.165) is 17.7 Å². The van der Waals surface area contributed by atoms with Crippen molar-refractivity contribution >= 4 is 10.0 Å². The minimum atomic E-state index is -3.38. The highest BCUT2D eigenvalue weighted by Gasteiger charge is 2.24. The highest BCUT2D eigenvalue weighted by atomic mass is 32.2. The number of hydrogen-bond donors (Lipinski definition) is 1. The second-order valence-electron chi connectivity index (χ2n) is 5.39. The molecule has 126 valence electrons. The number of aryl methyl sites for hydroxylation is 1. The minimum Gasteiger partial charge on any atom is -0.497 e. The van der Waals surface area contributed by atoms with Crippen molar-refractivity contribution in [2.45, 2.75) is 25.8 Å². The molecular weight excluding hydrogens is 314 g/mol. The fourth-order valence-corrected chi connectivity index (χ4v) is 3.68. The highest BCUT2D eigenvalue weighted by molar-refractivity contribution is 7.89. The summed E-state index contributed by atoms with van der Waals surface area (Å²) in [6.45, 7) is 1.97. The number of ether oxygens (including phenoxy) is 1. The fourth-order valence-electron chi connectivity index (χ4n) is 2.29. The van der Waals surface area contributed by atoms with E-state index in [1.165, 1.54) is 0 Å². The molecule has 0 aliphatic heterocycles. The van der Waals surface area contributed by atoms with E-state index in [-0.39, 0.29) is 5.75 Å². The molecule has 0 aliphatic rings. The van der Waals surface area contributed by atoms with Gasteiger partial charge in [-0.3, -0.25) is 0 Å². The van der Waals surface area contributed by atoms with Crippen LogP contribution in [0, 0.1) is 0 Å². The number of aromatic nitrogens is 2. The standard InChI is InChI=1S/C16H23N3O3S/c1-4-5-12-23(20,21)18-15(16-17-10-11-19(16)2)13-6-8-14(22-3)9-7-13/h6-11,15,18H,4-5,12H2,1-3H3. The van der Waals surface area contributed by atoms with Crippen molar-refractivity contribution in [3.63, 3.8) is 0 Å². The second-order valence-corrected chi connectivity index (χ2v) is 7.27. The molecule has 0 aliphatic carbocycles. The Balaban J connectivity index is 2.34. The number of methoxy groups -OCH3 is 1. The lowest BCUT2D eigenvalue weighted by atomic mass is 10.1. The SMILES string of the molecule is CCCCS(=O)(=O)NC(c1ccc(OC)cc1)c1nccn1C. The van der Waals surface area contributed by atoms with Crippen molar-refractivity contribution in [3.8, 4) is 5.75 Å². The van der Waals surface area contributed by atoms with Gasteiger partial charge in [0.05, 0.1) is 12.9 Å². The Morgan fingerprint density at radius 2 is 2.00 bits per heavy atom.